The number of rotatable bonds is 2. The maximum absolute atomic E-state index is 3.32. The number of hydrazine groups is 1. The maximum atomic E-state index is 3.32. The Labute approximate surface area is 109 Å². The molecule has 1 atom stereocenters. The minimum absolute atomic E-state index is 0.0122. The van der Waals surface area contributed by atoms with E-state index in [1.54, 1.807) is 0 Å². The van der Waals surface area contributed by atoms with E-state index in [4.69, 9.17) is 0 Å². The zero-order valence-corrected chi connectivity index (χ0v) is 10.9. The van der Waals surface area contributed by atoms with Crippen molar-refractivity contribution in [3.63, 3.8) is 0 Å². The van der Waals surface area contributed by atoms with Gasteiger partial charge >= 0.3 is 0 Å². The van der Waals surface area contributed by atoms with Gasteiger partial charge in [0, 0.05) is 19.3 Å². The van der Waals surface area contributed by atoms with E-state index in [9.17, 15) is 0 Å². The van der Waals surface area contributed by atoms with E-state index in [0.717, 1.165) is 19.0 Å². The molecule has 1 fully saturated rings. The fraction of sp³-hybridized carbons (Fsp3) is 0.467. The summed E-state index contributed by atoms with van der Waals surface area (Å²) in [6, 6.07) is 10.9. The van der Waals surface area contributed by atoms with Gasteiger partial charge in [0.1, 0.15) is 5.66 Å². The van der Waals surface area contributed by atoms with Crippen LogP contribution in [0.25, 0.3) is 0 Å². The van der Waals surface area contributed by atoms with Crippen LogP contribution in [0.1, 0.15) is 31.2 Å². The van der Waals surface area contributed by atoms with Gasteiger partial charge in [-0.1, -0.05) is 30.3 Å². The third-order valence-corrected chi connectivity index (χ3v) is 4.24. The van der Waals surface area contributed by atoms with Crippen molar-refractivity contribution in [1.29, 1.82) is 0 Å². The number of nitrogens with zero attached hydrogens (tertiary/aromatic N) is 1. The lowest BCUT2D eigenvalue weighted by Crippen LogP contribution is -2.57. The Morgan fingerprint density at radius 2 is 1.89 bits per heavy atom. The second kappa shape index (κ2) is 4.75. The minimum Gasteiger partial charge on any atom is -0.327 e. The molecule has 1 aromatic carbocycles. The van der Waals surface area contributed by atoms with Crippen molar-refractivity contribution in [3.8, 4) is 0 Å². The summed E-state index contributed by atoms with van der Waals surface area (Å²) in [5.74, 6) is 0.726. The number of benzene rings is 1. The first-order valence-corrected chi connectivity index (χ1v) is 6.78. The first-order valence-electron chi connectivity index (χ1n) is 6.78. The highest BCUT2D eigenvalue weighted by atomic mass is 15.5. The molecule has 2 aliphatic rings. The molecule has 0 saturated carbocycles. The molecule has 0 spiro atoms. The lowest BCUT2D eigenvalue weighted by Gasteiger charge is -2.41. The number of hydrogen-bond donors (Lipinski definition) is 2. The largest absolute Gasteiger partial charge is 0.327 e. The Bertz CT molecular complexity index is 421. The van der Waals surface area contributed by atoms with Crippen molar-refractivity contribution in [2.75, 3.05) is 13.1 Å². The third kappa shape index (κ3) is 2.16. The van der Waals surface area contributed by atoms with Crippen LogP contribution in [0.4, 0.5) is 0 Å². The number of nitrogens with one attached hydrogen (secondary N) is 2. The van der Waals surface area contributed by atoms with Gasteiger partial charge in [-0.25, -0.2) is 5.43 Å². The van der Waals surface area contributed by atoms with Gasteiger partial charge in [-0.3, -0.25) is 4.90 Å². The summed E-state index contributed by atoms with van der Waals surface area (Å²) in [4.78, 5) is 2.52. The van der Waals surface area contributed by atoms with E-state index >= 15 is 0 Å². The molecule has 3 nitrogen and oxygen atoms in total. The molecule has 2 aliphatic heterocycles. The number of piperidine rings is 1. The lowest BCUT2D eigenvalue weighted by molar-refractivity contribution is 0.0840. The van der Waals surface area contributed by atoms with Gasteiger partial charge in [-0.15, -0.1) is 0 Å². The molecular weight excluding hydrogens is 222 g/mol. The van der Waals surface area contributed by atoms with E-state index in [1.807, 2.05) is 6.20 Å². The average Bonchev–Trinajstić information content (AvgIpc) is 2.88. The molecule has 18 heavy (non-hydrogen) atoms. The van der Waals surface area contributed by atoms with Crippen LogP contribution in [-0.4, -0.2) is 23.7 Å². The highest BCUT2D eigenvalue weighted by molar-refractivity contribution is 5.20. The molecule has 1 unspecified atom stereocenters. The Balaban J connectivity index is 1.63. The predicted octanol–water partition coefficient (Wildman–Crippen LogP) is 2.20. The zero-order valence-electron chi connectivity index (χ0n) is 10.9. The van der Waals surface area contributed by atoms with Crippen LogP contribution < -0.4 is 10.9 Å². The number of likely N-dealkylation sites (tertiary alicyclic amines) is 1. The minimum atomic E-state index is -0.0122. The van der Waals surface area contributed by atoms with E-state index in [1.165, 1.54) is 18.4 Å². The molecule has 0 amide bonds. The molecule has 0 aromatic heterocycles. The van der Waals surface area contributed by atoms with Crippen LogP contribution in [0, 0.1) is 0 Å². The predicted molar refractivity (Wildman–Crippen MR) is 73.8 cm³/mol. The monoisotopic (exact) mass is 243 g/mol. The Morgan fingerprint density at radius 3 is 2.50 bits per heavy atom. The fourth-order valence-corrected chi connectivity index (χ4v) is 3.02. The molecule has 1 aromatic rings. The van der Waals surface area contributed by atoms with Crippen molar-refractivity contribution in [2.45, 2.75) is 31.3 Å². The molecular formula is C15H21N3. The zero-order chi connectivity index (χ0) is 12.4. The molecule has 0 radical (unpaired) electrons. The topological polar surface area (TPSA) is 27.3 Å². The quantitative estimate of drug-likeness (QED) is 0.834. The van der Waals surface area contributed by atoms with Crippen LogP contribution in [0.2, 0.25) is 0 Å². The molecule has 96 valence electrons. The summed E-state index contributed by atoms with van der Waals surface area (Å²) in [5.41, 5.74) is 7.89. The summed E-state index contributed by atoms with van der Waals surface area (Å²) in [6.45, 7) is 4.52. The van der Waals surface area contributed by atoms with Gasteiger partial charge in [-0.2, -0.15) is 0 Å². The van der Waals surface area contributed by atoms with Gasteiger partial charge in [0.25, 0.3) is 0 Å². The maximum Gasteiger partial charge on any atom is 0.106 e. The van der Waals surface area contributed by atoms with Crippen molar-refractivity contribution in [1.82, 2.24) is 15.8 Å². The summed E-state index contributed by atoms with van der Waals surface area (Å²) >= 11 is 0. The van der Waals surface area contributed by atoms with Crippen molar-refractivity contribution in [2.24, 2.45) is 0 Å². The van der Waals surface area contributed by atoms with E-state index < -0.39 is 0 Å². The van der Waals surface area contributed by atoms with Crippen molar-refractivity contribution >= 4 is 0 Å². The van der Waals surface area contributed by atoms with Crippen LogP contribution in [0.5, 0.6) is 0 Å². The van der Waals surface area contributed by atoms with Gasteiger partial charge in [0.05, 0.1) is 0 Å². The van der Waals surface area contributed by atoms with Gasteiger partial charge in [0.15, 0.2) is 0 Å². The normalized spacial score (nSPS) is 29.4. The smallest absolute Gasteiger partial charge is 0.106 e. The summed E-state index contributed by atoms with van der Waals surface area (Å²) in [6.07, 6.45) is 6.68. The van der Waals surface area contributed by atoms with Crippen LogP contribution >= 0.6 is 0 Å². The summed E-state index contributed by atoms with van der Waals surface area (Å²) in [7, 11) is 0. The highest BCUT2D eigenvalue weighted by Gasteiger charge is 2.34. The molecule has 0 aliphatic carbocycles. The van der Waals surface area contributed by atoms with Gasteiger partial charge < -0.3 is 5.43 Å². The highest BCUT2D eigenvalue weighted by Crippen LogP contribution is 2.31. The lowest BCUT2D eigenvalue weighted by atomic mass is 9.88. The van der Waals surface area contributed by atoms with Crippen LogP contribution in [-0.2, 0) is 0 Å². The van der Waals surface area contributed by atoms with Gasteiger partial charge in [0.2, 0.25) is 0 Å². The average molecular weight is 243 g/mol. The van der Waals surface area contributed by atoms with Crippen molar-refractivity contribution in [3.05, 3.63) is 48.2 Å². The van der Waals surface area contributed by atoms with E-state index in [-0.39, 0.29) is 5.66 Å². The van der Waals surface area contributed by atoms with Crippen LogP contribution in [0.15, 0.2) is 42.6 Å². The number of hydrogen-bond acceptors (Lipinski definition) is 3. The second-order valence-electron chi connectivity index (χ2n) is 5.42. The van der Waals surface area contributed by atoms with Gasteiger partial charge in [-0.05, 0) is 37.3 Å². The second-order valence-corrected chi connectivity index (χ2v) is 5.42. The van der Waals surface area contributed by atoms with E-state index in [2.05, 4.69) is 59.1 Å². The Hall–Kier alpha value is -1.32. The first-order chi connectivity index (χ1) is 8.78. The molecule has 3 heteroatoms. The van der Waals surface area contributed by atoms with Crippen LogP contribution in [0.3, 0.4) is 0 Å². The molecule has 2 N–H and O–H groups in total. The fourth-order valence-electron chi connectivity index (χ4n) is 3.02. The molecule has 2 heterocycles. The summed E-state index contributed by atoms with van der Waals surface area (Å²) < 4.78 is 0. The molecule has 3 rings (SSSR count). The first kappa shape index (κ1) is 11.8. The Kier molecular flexibility index (Phi) is 3.10. The SMILES string of the molecule is CC1(N2CCC(c3ccccc3)CC2)C=CNN1. The molecule has 0 bridgehead atoms. The van der Waals surface area contributed by atoms with Crippen molar-refractivity contribution < 1.29 is 0 Å². The third-order valence-electron chi connectivity index (χ3n) is 4.24. The standard InChI is InChI=1S/C15H21N3/c1-15(9-10-16-17-15)18-11-7-14(8-12-18)13-5-3-2-4-6-13/h2-6,9-10,14,16-17H,7-8,11-12H2,1H3. The Morgan fingerprint density at radius 1 is 1.17 bits per heavy atom. The summed E-state index contributed by atoms with van der Waals surface area (Å²) in [5, 5.41) is 0. The molecule has 1 saturated heterocycles. The van der Waals surface area contributed by atoms with E-state index in [0.29, 0.717) is 0 Å².